The van der Waals surface area contributed by atoms with Crippen LogP contribution < -0.4 is 4.74 Å². The number of hydrogen-bond donors (Lipinski definition) is 0. The summed E-state index contributed by atoms with van der Waals surface area (Å²) in [6.45, 7) is 3.10. The van der Waals surface area contributed by atoms with E-state index in [1.165, 1.54) is 12.1 Å². The van der Waals surface area contributed by atoms with Crippen molar-refractivity contribution < 1.29 is 13.5 Å². The number of halogens is 2. The van der Waals surface area contributed by atoms with Crippen LogP contribution in [0.2, 0.25) is 0 Å². The Bertz CT molecular complexity index is 550. The minimum absolute atomic E-state index is 0.0275. The molecule has 2 aromatic carbocycles. The average Bonchev–Trinajstić information content (AvgIpc) is 2.41. The zero-order valence-corrected chi connectivity index (χ0v) is 11.0. The smallest absolute Gasteiger partial charge is 0.306 e. The number of aryl methyl sites for hydroxylation is 2. The van der Waals surface area contributed by atoms with Crippen LogP contribution in [0.15, 0.2) is 48.5 Å². The molecule has 2 rings (SSSR count). The Hall–Kier alpha value is -1.90. The van der Waals surface area contributed by atoms with E-state index in [2.05, 4.69) is 0 Å². The number of alkyl halides is 2. The maximum atomic E-state index is 13.9. The molecule has 0 spiro atoms. The topological polar surface area (TPSA) is 9.23 Å². The fraction of sp³-hybridized carbons (Fsp3) is 0.250. The second kappa shape index (κ2) is 5.39. The van der Waals surface area contributed by atoms with E-state index in [1.54, 1.807) is 24.3 Å². The molecule has 100 valence electrons. The third kappa shape index (κ3) is 3.31. The van der Waals surface area contributed by atoms with E-state index in [-0.39, 0.29) is 5.56 Å². The van der Waals surface area contributed by atoms with Crippen molar-refractivity contribution in [1.29, 1.82) is 0 Å². The summed E-state index contributed by atoms with van der Waals surface area (Å²) in [6, 6.07) is 13.3. The van der Waals surface area contributed by atoms with Gasteiger partial charge in [-0.3, -0.25) is 0 Å². The van der Waals surface area contributed by atoms with Crippen LogP contribution in [0.5, 0.6) is 5.75 Å². The van der Waals surface area contributed by atoms with Gasteiger partial charge in [-0.2, -0.15) is 8.78 Å². The van der Waals surface area contributed by atoms with E-state index in [4.69, 9.17) is 4.74 Å². The zero-order valence-electron chi connectivity index (χ0n) is 11.0. The van der Waals surface area contributed by atoms with Crippen LogP contribution in [0.3, 0.4) is 0 Å². The Morgan fingerprint density at radius 3 is 2.37 bits per heavy atom. The molecule has 0 aliphatic rings. The van der Waals surface area contributed by atoms with Gasteiger partial charge >= 0.3 is 5.92 Å². The highest BCUT2D eigenvalue weighted by Crippen LogP contribution is 2.29. The average molecular weight is 262 g/mol. The molecule has 0 fully saturated rings. The summed E-state index contributed by atoms with van der Waals surface area (Å²) >= 11 is 0. The maximum absolute atomic E-state index is 13.9. The van der Waals surface area contributed by atoms with E-state index in [9.17, 15) is 8.78 Å². The third-order valence-electron chi connectivity index (χ3n) is 2.95. The van der Waals surface area contributed by atoms with Gasteiger partial charge in [0.1, 0.15) is 5.75 Å². The third-order valence-corrected chi connectivity index (χ3v) is 2.95. The van der Waals surface area contributed by atoms with Crippen molar-refractivity contribution in [1.82, 2.24) is 0 Å². The monoisotopic (exact) mass is 262 g/mol. The van der Waals surface area contributed by atoms with Gasteiger partial charge in [-0.25, -0.2) is 0 Å². The van der Waals surface area contributed by atoms with Gasteiger partial charge in [-0.1, -0.05) is 42.5 Å². The molecule has 3 heteroatoms. The van der Waals surface area contributed by atoms with Crippen LogP contribution >= 0.6 is 0 Å². The number of benzene rings is 2. The fourth-order valence-corrected chi connectivity index (χ4v) is 1.80. The van der Waals surface area contributed by atoms with E-state index in [0.717, 1.165) is 11.1 Å². The Morgan fingerprint density at radius 2 is 1.68 bits per heavy atom. The molecule has 0 atom stereocenters. The minimum Gasteiger partial charge on any atom is -0.487 e. The molecule has 0 heterocycles. The lowest BCUT2D eigenvalue weighted by molar-refractivity contribution is -0.0468. The largest absolute Gasteiger partial charge is 0.487 e. The molecule has 0 aliphatic carbocycles. The normalized spacial score (nSPS) is 11.4. The molecule has 1 nitrogen and oxygen atoms in total. The first-order valence-electron chi connectivity index (χ1n) is 6.12. The summed E-state index contributed by atoms with van der Waals surface area (Å²) < 4.78 is 33.2. The highest BCUT2D eigenvalue weighted by Gasteiger charge is 2.32. The molecular formula is C16H16F2O. The SMILES string of the molecule is Cc1ccc(C)c(OCC(F)(F)c2ccccc2)c1. The summed E-state index contributed by atoms with van der Waals surface area (Å²) in [5.74, 6) is -2.48. The summed E-state index contributed by atoms with van der Waals surface area (Å²) in [7, 11) is 0. The zero-order chi connectivity index (χ0) is 13.9. The van der Waals surface area contributed by atoms with Gasteiger partial charge in [-0.15, -0.1) is 0 Å². The summed E-state index contributed by atoms with van der Waals surface area (Å²) in [6.07, 6.45) is 0. The molecule has 0 bridgehead atoms. The van der Waals surface area contributed by atoms with Crippen molar-refractivity contribution in [3.05, 3.63) is 65.2 Å². The number of rotatable bonds is 4. The molecular weight excluding hydrogens is 246 g/mol. The predicted molar refractivity (Wildman–Crippen MR) is 71.7 cm³/mol. The Kier molecular flexibility index (Phi) is 3.84. The number of hydrogen-bond acceptors (Lipinski definition) is 1. The standard InChI is InChI=1S/C16H16F2O/c1-12-8-9-13(2)15(10-12)19-11-16(17,18)14-6-4-3-5-7-14/h3-10H,11H2,1-2H3. The molecule has 2 aromatic rings. The van der Waals surface area contributed by atoms with Crippen LogP contribution in [0, 0.1) is 13.8 Å². The van der Waals surface area contributed by atoms with Crippen LogP contribution in [0.4, 0.5) is 8.78 Å². The predicted octanol–water partition coefficient (Wildman–Crippen LogP) is 4.47. The van der Waals surface area contributed by atoms with Gasteiger partial charge in [0.05, 0.1) is 0 Å². The second-order valence-electron chi connectivity index (χ2n) is 4.63. The van der Waals surface area contributed by atoms with Crippen LogP contribution in [0.25, 0.3) is 0 Å². The lowest BCUT2D eigenvalue weighted by Crippen LogP contribution is -2.23. The number of ether oxygens (including phenoxy) is 1. The second-order valence-corrected chi connectivity index (χ2v) is 4.63. The van der Waals surface area contributed by atoms with Crippen molar-refractivity contribution in [3.63, 3.8) is 0 Å². The Labute approximate surface area is 111 Å². The van der Waals surface area contributed by atoms with Gasteiger partial charge in [-0.05, 0) is 31.0 Å². The van der Waals surface area contributed by atoms with E-state index in [1.807, 2.05) is 26.0 Å². The molecule has 19 heavy (non-hydrogen) atoms. The van der Waals surface area contributed by atoms with E-state index < -0.39 is 12.5 Å². The lowest BCUT2D eigenvalue weighted by atomic mass is 10.1. The first kappa shape index (κ1) is 13.5. The molecule has 0 N–H and O–H groups in total. The highest BCUT2D eigenvalue weighted by molar-refractivity contribution is 5.36. The van der Waals surface area contributed by atoms with Crippen LogP contribution in [-0.2, 0) is 5.92 Å². The van der Waals surface area contributed by atoms with Crippen molar-refractivity contribution in [2.75, 3.05) is 6.61 Å². The summed E-state index contributed by atoms with van der Waals surface area (Å²) in [4.78, 5) is 0. The quantitative estimate of drug-likeness (QED) is 0.789. The van der Waals surface area contributed by atoms with Gasteiger partial charge in [0.25, 0.3) is 0 Å². The van der Waals surface area contributed by atoms with Crippen molar-refractivity contribution in [2.45, 2.75) is 19.8 Å². The van der Waals surface area contributed by atoms with Crippen molar-refractivity contribution >= 4 is 0 Å². The van der Waals surface area contributed by atoms with Gasteiger partial charge in [0.15, 0.2) is 6.61 Å². The first-order chi connectivity index (χ1) is 8.99. The van der Waals surface area contributed by atoms with Gasteiger partial charge < -0.3 is 4.74 Å². The van der Waals surface area contributed by atoms with Crippen LogP contribution in [-0.4, -0.2) is 6.61 Å². The summed E-state index contributed by atoms with van der Waals surface area (Å²) in [5, 5.41) is 0. The Morgan fingerprint density at radius 1 is 1.00 bits per heavy atom. The Balaban J connectivity index is 2.12. The molecule has 0 radical (unpaired) electrons. The minimum atomic E-state index is -2.99. The molecule has 0 amide bonds. The van der Waals surface area contributed by atoms with E-state index >= 15 is 0 Å². The van der Waals surface area contributed by atoms with Crippen molar-refractivity contribution in [3.8, 4) is 5.75 Å². The first-order valence-corrected chi connectivity index (χ1v) is 6.12. The lowest BCUT2D eigenvalue weighted by Gasteiger charge is -2.18. The van der Waals surface area contributed by atoms with Gasteiger partial charge in [0, 0.05) is 5.56 Å². The van der Waals surface area contributed by atoms with Crippen molar-refractivity contribution in [2.24, 2.45) is 0 Å². The molecule has 0 saturated carbocycles. The molecule has 0 saturated heterocycles. The fourth-order valence-electron chi connectivity index (χ4n) is 1.80. The van der Waals surface area contributed by atoms with Gasteiger partial charge in [0.2, 0.25) is 0 Å². The highest BCUT2D eigenvalue weighted by atomic mass is 19.3. The molecule has 0 unspecified atom stereocenters. The van der Waals surface area contributed by atoms with Crippen LogP contribution in [0.1, 0.15) is 16.7 Å². The molecule has 0 aliphatic heterocycles. The maximum Gasteiger partial charge on any atom is 0.306 e. The van der Waals surface area contributed by atoms with E-state index in [0.29, 0.717) is 5.75 Å². The summed E-state index contributed by atoms with van der Waals surface area (Å²) in [5.41, 5.74) is 1.82. The molecule has 0 aromatic heterocycles.